The first-order valence-corrected chi connectivity index (χ1v) is 3.83. The predicted octanol–water partition coefficient (Wildman–Crippen LogP) is 1.69. The number of carbonyl (C=O) groups is 1. The van der Waals surface area contributed by atoms with Crippen molar-refractivity contribution in [2.45, 2.75) is 6.42 Å². The van der Waals surface area contributed by atoms with E-state index in [9.17, 15) is 9.18 Å². The minimum Gasteiger partial charge on any atom is -0.481 e. The number of carboxylic acid groups (broad SMARTS) is 1. The molecule has 0 radical (unpaired) electrons. The van der Waals surface area contributed by atoms with Crippen molar-refractivity contribution < 1.29 is 14.3 Å². The quantitative estimate of drug-likeness (QED) is 0.719. The van der Waals surface area contributed by atoms with Crippen molar-refractivity contribution in [1.29, 1.82) is 0 Å². The van der Waals surface area contributed by atoms with Crippen LogP contribution in [0.4, 0.5) is 10.1 Å². The molecule has 70 valence electrons. The fourth-order valence-corrected chi connectivity index (χ4v) is 1.13. The summed E-state index contributed by atoms with van der Waals surface area (Å²) in [5.41, 5.74) is 5.46. The molecular formula is C8H7ClFNO2. The zero-order valence-corrected chi connectivity index (χ0v) is 7.31. The number of nitrogens with two attached hydrogens (primary N) is 1. The zero-order chi connectivity index (χ0) is 10.0. The fourth-order valence-electron chi connectivity index (χ4n) is 0.911. The zero-order valence-electron chi connectivity index (χ0n) is 6.55. The molecule has 1 rings (SSSR count). The molecule has 0 saturated heterocycles. The van der Waals surface area contributed by atoms with Gasteiger partial charge in [-0.25, -0.2) is 4.39 Å². The molecule has 1 aromatic carbocycles. The molecule has 0 aliphatic rings. The Bertz CT molecular complexity index is 354. The monoisotopic (exact) mass is 203 g/mol. The molecule has 0 unspecified atom stereocenters. The number of hydrogen-bond acceptors (Lipinski definition) is 2. The number of halogens is 2. The standard InChI is InChI=1S/C8H7ClFNO2/c9-5-3-6(10)7(11)1-4(5)2-8(12)13/h1,3H,2,11H2,(H,12,13). The van der Waals surface area contributed by atoms with Gasteiger partial charge in [0.25, 0.3) is 0 Å². The summed E-state index contributed by atoms with van der Waals surface area (Å²) in [5.74, 6) is -1.67. The van der Waals surface area contributed by atoms with Crippen LogP contribution >= 0.6 is 11.6 Å². The second-order valence-corrected chi connectivity index (χ2v) is 2.94. The number of rotatable bonds is 2. The van der Waals surface area contributed by atoms with Crippen molar-refractivity contribution in [2.24, 2.45) is 0 Å². The highest BCUT2D eigenvalue weighted by Crippen LogP contribution is 2.22. The highest BCUT2D eigenvalue weighted by molar-refractivity contribution is 6.31. The molecule has 0 saturated carbocycles. The maximum absolute atomic E-state index is 12.7. The Morgan fingerprint density at radius 2 is 2.23 bits per heavy atom. The largest absolute Gasteiger partial charge is 0.481 e. The summed E-state index contributed by atoms with van der Waals surface area (Å²) in [5, 5.41) is 8.54. The van der Waals surface area contributed by atoms with Crippen LogP contribution in [-0.2, 0) is 11.2 Å². The predicted molar refractivity (Wildman–Crippen MR) is 47.2 cm³/mol. The highest BCUT2D eigenvalue weighted by Gasteiger charge is 2.09. The maximum atomic E-state index is 12.7. The van der Waals surface area contributed by atoms with Crippen molar-refractivity contribution >= 4 is 23.3 Å². The first-order chi connectivity index (χ1) is 6.00. The molecule has 0 atom stereocenters. The maximum Gasteiger partial charge on any atom is 0.307 e. The van der Waals surface area contributed by atoms with E-state index in [1.54, 1.807) is 0 Å². The van der Waals surface area contributed by atoms with Crippen molar-refractivity contribution in [3.63, 3.8) is 0 Å². The molecule has 0 spiro atoms. The van der Waals surface area contributed by atoms with E-state index < -0.39 is 11.8 Å². The van der Waals surface area contributed by atoms with E-state index in [4.69, 9.17) is 22.4 Å². The molecule has 0 bridgehead atoms. The number of nitrogen functional groups attached to an aromatic ring is 1. The minimum atomic E-state index is -1.03. The molecule has 13 heavy (non-hydrogen) atoms. The first-order valence-electron chi connectivity index (χ1n) is 3.46. The second-order valence-electron chi connectivity index (χ2n) is 2.54. The third kappa shape index (κ3) is 2.32. The summed E-state index contributed by atoms with van der Waals surface area (Å²) in [6.45, 7) is 0. The van der Waals surface area contributed by atoms with Crippen LogP contribution in [0.5, 0.6) is 0 Å². The van der Waals surface area contributed by atoms with E-state index in [2.05, 4.69) is 0 Å². The average molecular weight is 204 g/mol. The van der Waals surface area contributed by atoms with Gasteiger partial charge in [-0.15, -0.1) is 0 Å². The van der Waals surface area contributed by atoms with E-state index in [-0.39, 0.29) is 17.1 Å². The van der Waals surface area contributed by atoms with Crippen molar-refractivity contribution in [3.05, 3.63) is 28.5 Å². The SMILES string of the molecule is Nc1cc(CC(=O)O)c(Cl)cc1F. The molecule has 0 amide bonds. The normalized spacial score (nSPS) is 10.0. The lowest BCUT2D eigenvalue weighted by Gasteiger charge is -2.03. The topological polar surface area (TPSA) is 63.3 Å². The molecule has 0 aromatic heterocycles. The van der Waals surface area contributed by atoms with Crippen LogP contribution in [0.3, 0.4) is 0 Å². The third-order valence-corrected chi connectivity index (χ3v) is 1.86. The molecule has 3 N–H and O–H groups in total. The minimum absolute atomic E-state index is 0.0779. The van der Waals surface area contributed by atoms with E-state index in [0.717, 1.165) is 6.07 Å². The Hall–Kier alpha value is -1.29. The summed E-state index contributed by atoms with van der Waals surface area (Å²) in [6, 6.07) is 2.24. The smallest absolute Gasteiger partial charge is 0.307 e. The lowest BCUT2D eigenvalue weighted by molar-refractivity contribution is -0.136. The van der Waals surface area contributed by atoms with Crippen LogP contribution < -0.4 is 5.73 Å². The second kappa shape index (κ2) is 3.62. The molecular weight excluding hydrogens is 197 g/mol. The first kappa shape index (κ1) is 9.80. The Labute approximate surface area is 78.9 Å². The van der Waals surface area contributed by atoms with Gasteiger partial charge in [0.05, 0.1) is 12.1 Å². The lowest BCUT2D eigenvalue weighted by Crippen LogP contribution is -2.02. The summed E-state index contributed by atoms with van der Waals surface area (Å²) in [6.07, 6.45) is -0.261. The van der Waals surface area contributed by atoms with Gasteiger partial charge in [0.2, 0.25) is 0 Å². The van der Waals surface area contributed by atoms with Gasteiger partial charge >= 0.3 is 5.97 Å². The van der Waals surface area contributed by atoms with Crippen LogP contribution in [0.1, 0.15) is 5.56 Å². The Balaban J connectivity index is 3.08. The number of aliphatic carboxylic acids is 1. The Morgan fingerprint density at radius 1 is 1.62 bits per heavy atom. The molecule has 5 heteroatoms. The van der Waals surface area contributed by atoms with E-state index in [1.807, 2.05) is 0 Å². The third-order valence-electron chi connectivity index (χ3n) is 1.51. The van der Waals surface area contributed by atoms with Gasteiger partial charge in [0.1, 0.15) is 5.82 Å². The highest BCUT2D eigenvalue weighted by atomic mass is 35.5. The van der Waals surface area contributed by atoms with Gasteiger partial charge in [0.15, 0.2) is 0 Å². The fraction of sp³-hybridized carbons (Fsp3) is 0.125. The Morgan fingerprint density at radius 3 is 2.77 bits per heavy atom. The molecule has 0 heterocycles. The number of benzene rings is 1. The summed E-state index contributed by atoms with van der Waals surface area (Å²) in [4.78, 5) is 10.3. The van der Waals surface area contributed by atoms with Gasteiger partial charge in [-0.3, -0.25) is 4.79 Å². The van der Waals surface area contributed by atoms with Gasteiger partial charge in [-0.2, -0.15) is 0 Å². The van der Waals surface area contributed by atoms with Crippen molar-refractivity contribution in [3.8, 4) is 0 Å². The van der Waals surface area contributed by atoms with E-state index >= 15 is 0 Å². The number of hydrogen-bond donors (Lipinski definition) is 2. The van der Waals surface area contributed by atoms with Crippen LogP contribution in [0.15, 0.2) is 12.1 Å². The molecule has 0 fully saturated rings. The van der Waals surface area contributed by atoms with Crippen LogP contribution in [0.2, 0.25) is 5.02 Å². The number of carboxylic acids is 1. The molecule has 3 nitrogen and oxygen atoms in total. The van der Waals surface area contributed by atoms with Gasteiger partial charge in [-0.1, -0.05) is 11.6 Å². The van der Waals surface area contributed by atoms with Crippen molar-refractivity contribution in [2.75, 3.05) is 5.73 Å². The van der Waals surface area contributed by atoms with Crippen molar-refractivity contribution in [1.82, 2.24) is 0 Å². The van der Waals surface area contributed by atoms with Crippen LogP contribution in [-0.4, -0.2) is 11.1 Å². The van der Waals surface area contributed by atoms with Crippen LogP contribution in [0, 0.1) is 5.82 Å². The van der Waals surface area contributed by atoms with E-state index in [1.165, 1.54) is 6.07 Å². The molecule has 1 aromatic rings. The van der Waals surface area contributed by atoms with Gasteiger partial charge < -0.3 is 10.8 Å². The van der Waals surface area contributed by atoms with Crippen LogP contribution in [0.25, 0.3) is 0 Å². The van der Waals surface area contributed by atoms with Gasteiger partial charge in [-0.05, 0) is 17.7 Å². The molecule has 0 aliphatic heterocycles. The summed E-state index contributed by atoms with van der Waals surface area (Å²) in [7, 11) is 0. The van der Waals surface area contributed by atoms with Gasteiger partial charge in [0, 0.05) is 5.02 Å². The summed E-state index contributed by atoms with van der Waals surface area (Å²) >= 11 is 5.59. The summed E-state index contributed by atoms with van der Waals surface area (Å²) < 4.78 is 12.7. The lowest BCUT2D eigenvalue weighted by atomic mass is 10.1. The van der Waals surface area contributed by atoms with E-state index in [0.29, 0.717) is 5.56 Å². The number of anilines is 1. The average Bonchev–Trinajstić information content (AvgIpc) is 1.99. The Kier molecular flexibility index (Phi) is 2.72. The molecule has 0 aliphatic carbocycles.